The van der Waals surface area contributed by atoms with Crippen LogP contribution in [0, 0.1) is 0 Å². The van der Waals surface area contributed by atoms with Gasteiger partial charge < -0.3 is 0 Å². The topological polar surface area (TPSA) is 19.7 Å². The molecule has 0 radical (unpaired) electrons. The van der Waals surface area contributed by atoms with E-state index in [1.165, 1.54) is 192 Å². The van der Waals surface area contributed by atoms with Crippen LogP contribution in [0.2, 0.25) is 0 Å². The quantitative estimate of drug-likeness (QED) is 0.0689. The third-order valence-corrected chi connectivity index (χ3v) is 9.39. The molecule has 0 aromatic carbocycles. The number of nitrogens with one attached hydrogen (secondary N) is 1. The van der Waals surface area contributed by atoms with Gasteiger partial charge in [-0.15, -0.1) is 0 Å². The Morgan fingerprint density at radius 1 is 0.475 bits per heavy atom. The maximum atomic E-state index is 3.73. The molecule has 2 unspecified atom stereocenters. The summed E-state index contributed by atoms with van der Waals surface area (Å²) in [5, 5.41) is 0. The number of aromatic amines is 1. The SMILES string of the molecule is CCCCCCCCCCCCCCC(C)[n+]1cc[nH]c1C(CCCCCCC)CCCCCCCCCCC. The minimum atomic E-state index is 0.620. The molecule has 1 aromatic rings. The van der Waals surface area contributed by atoms with Crippen LogP contribution in [0.25, 0.3) is 0 Å². The zero-order valence-corrected chi connectivity index (χ0v) is 28.3. The Morgan fingerprint density at radius 2 is 0.800 bits per heavy atom. The van der Waals surface area contributed by atoms with Crippen LogP contribution in [-0.2, 0) is 0 Å². The van der Waals surface area contributed by atoms with Crippen molar-refractivity contribution in [3.05, 3.63) is 18.2 Å². The average Bonchev–Trinajstić information content (AvgIpc) is 3.45. The number of hydrogen-bond acceptors (Lipinski definition) is 0. The van der Waals surface area contributed by atoms with Crippen molar-refractivity contribution in [1.82, 2.24) is 4.98 Å². The molecular weight excluding hydrogens is 484 g/mol. The number of aromatic nitrogens is 2. The Kier molecular flexibility index (Phi) is 26.4. The summed E-state index contributed by atoms with van der Waals surface area (Å²) in [6.07, 6.45) is 45.7. The summed E-state index contributed by atoms with van der Waals surface area (Å²) in [4.78, 5) is 3.73. The maximum absolute atomic E-state index is 3.73. The van der Waals surface area contributed by atoms with Crippen molar-refractivity contribution in [2.24, 2.45) is 0 Å². The molecule has 1 rings (SSSR count). The molecule has 0 aliphatic heterocycles. The van der Waals surface area contributed by atoms with Gasteiger partial charge in [-0.1, -0.05) is 181 Å². The highest BCUT2D eigenvalue weighted by molar-refractivity contribution is 4.90. The fourth-order valence-electron chi connectivity index (χ4n) is 6.60. The number of rotatable bonds is 31. The zero-order chi connectivity index (χ0) is 28.9. The van der Waals surface area contributed by atoms with E-state index in [0.29, 0.717) is 12.0 Å². The average molecular weight is 560 g/mol. The Labute approximate surface area is 253 Å². The Balaban J connectivity index is 2.36. The molecule has 2 atom stereocenters. The number of imidazole rings is 1. The number of unbranched alkanes of at least 4 members (excludes halogenated alkanes) is 23. The largest absolute Gasteiger partial charge is 0.257 e. The molecule has 2 nitrogen and oxygen atoms in total. The van der Waals surface area contributed by atoms with E-state index in [-0.39, 0.29) is 0 Å². The molecule has 0 fully saturated rings. The van der Waals surface area contributed by atoms with Crippen LogP contribution in [-0.4, -0.2) is 4.98 Å². The lowest BCUT2D eigenvalue weighted by molar-refractivity contribution is -0.727. The summed E-state index contributed by atoms with van der Waals surface area (Å²) >= 11 is 0. The highest BCUT2D eigenvalue weighted by atomic mass is 15.1. The minimum Gasteiger partial charge on any atom is -0.247 e. The third kappa shape index (κ3) is 20.1. The van der Waals surface area contributed by atoms with Gasteiger partial charge in [0.25, 0.3) is 5.82 Å². The molecule has 0 spiro atoms. The summed E-state index contributed by atoms with van der Waals surface area (Å²) in [5.41, 5.74) is 0. The number of H-pyrrole nitrogens is 1. The highest BCUT2D eigenvalue weighted by Crippen LogP contribution is 2.27. The van der Waals surface area contributed by atoms with Gasteiger partial charge in [-0.05, 0) is 32.6 Å². The van der Waals surface area contributed by atoms with Gasteiger partial charge in [0.15, 0.2) is 0 Å². The molecule has 40 heavy (non-hydrogen) atoms. The van der Waals surface area contributed by atoms with E-state index in [9.17, 15) is 0 Å². The maximum Gasteiger partial charge on any atom is 0.257 e. The van der Waals surface area contributed by atoms with Gasteiger partial charge in [0.2, 0.25) is 0 Å². The first-order chi connectivity index (χ1) is 19.7. The molecule has 1 N–H and O–H groups in total. The lowest BCUT2D eigenvalue weighted by Crippen LogP contribution is -2.41. The van der Waals surface area contributed by atoms with E-state index in [2.05, 4.69) is 49.6 Å². The smallest absolute Gasteiger partial charge is 0.247 e. The predicted octanol–water partition coefficient (Wildman–Crippen LogP) is 13.3. The van der Waals surface area contributed by atoms with Crippen LogP contribution in [0.1, 0.15) is 232 Å². The van der Waals surface area contributed by atoms with Crippen LogP contribution in [0.15, 0.2) is 12.4 Å². The van der Waals surface area contributed by atoms with Crippen molar-refractivity contribution in [2.45, 2.75) is 226 Å². The second-order valence-corrected chi connectivity index (χ2v) is 13.3. The van der Waals surface area contributed by atoms with Crippen LogP contribution in [0.4, 0.5) is 0 Å². The minimum absolute atomic E-state index is 0.620. The van der Waals surface area contributed by atoms with E-state index >= 15 is 0 Å². The van der Waals surface area contributed by atoms with Gasteiger partial charge in [0, 0.05) is 0 Å². The summed E-state index contributed by atoms with van der Waals surface area (Å²) in [5.74, 6) is 2.24. The molecule has 0 bridgehead atoms. The Morgan fingerprint density at radius 3 is 1.18 bits per heavy atom. The summed E-state index contributed by atoms with van der Waals surface area (Å²) in [6, 6.07) is 0.620. The molecule has 2 heteroatoms. The first-order valence-electron chi connectivity index (χ1n) is 18.8. The number of nitrogens with zero attached hydrogens (tertiary/aromatic N) is 1. The standard InChI is InChI=1S/C38H74N2/c1-5-8-11-14-16-18-19-20-22-23-26-28-31-36(4)40-35-34-39-38(40)37(32-29-25-13-10-7-3)33-30-27-24-21-17-15-12-9-6-2/h34-37H,5-33H2,1-4H3/p+1. The Hall–Kier alpha value is -0.790. The van der Waals surface area contributed by atoms with Crippen molar-refractivity contribution >= 4 is 0 Å². The summed E-state index contributed by atoms with van der Waals surface area (Å²) in [6.45, 7) is 9.41. The third-order valence-electron chi connectivity index (χ3n) is 9.39. The first-order valence-corrected chi connectivity index (χ1v) is 18.8. The Bertz CT molecular complexity index is 621. The molecule has 0 saturated carbocycles. The van der Waals surface area contributed by atoms with Crippen molar-refractivity contribution in [2.75, 3.05) is 0 Å². The van der Waals surface area contributed by atoms with Gasteiger partial charge in [-0.3, -0.25) is 0 Å². The number of hydrogen-bond donors (Lipinski definition) is 1. The van der Waals surface area contributed by atoms with E-state index in [0.717, 1.165) is 0 Å². The monoisotopic (exact) mass is 560 g/mol. The van der Waals surface area contributed by atoms with Gasteiger partial charge in [-0.2, -0.15) is 0 Å². The molecular formula is C38H75N2+. The van der Waals surface area contributed by atoms with Crippen molar-refractivity contribution in [3.63, 3.8) is 0 Å². The fourth-order valence-corrected chi connectivity index (χ4v) is 6.60. The van der Waals surface area contributed by atoms with E-state index < -0.39 is 0 Å². The predicted molar refractivity (Wildman–Crippen MR) is 179 cm³/mol. The second kappa shape index (κ2) is 28.3. The van der Waals surface area contributed by atoms with Crippen LogP contribution in [0.3, 0.4) is 0 Å². The molecule has 0 aliphatic carbocycles. The molecule has 236 valence electrons. The molecule has 0 saturated heterocycles. The van der Waals surface area contributed by atoms with Crippen molar-refractivity contribution in [1.29, 1.82) is 0 Å². The highest BCUT2D eigenvalue weighted by Gasteiger charge is 2.25. The van der Waals surface area contributed by atoms with Gasteiger partial charge in [0.1, 0.15) is 12.4 Å². The lowest BCUT2D eigenvalue weighted by Gasteiger charge is -2.17. The lowest BCUT2D eigenvalue weighted by atomic mass is 9.93. The van der Waals surface area contributed by atoms with Gasteiger partial charge >= 0.3 is 0 Å². The van der Waals surface area contributed by atoms with Gasteiger partial charge in [0.05, 0.1) is 12.0 Å². The summed E-state index contributed by atoms with van der Waals surface area (Å²) in [7, 11) is 0. The fraction of sp³-hybridized carbons (Fsp3) is 0.921. The molecule has 1 aromatic heterocycles. The second-order valence-electron chi connectivity index (χ2n) is 13.3. The first kappa shape index (κ1) is 37.2. The molecule has 0 amide bonds. The normalized spacial score (nSPS) is 13.2. The summed E-state index contributed by atoms with van der Waals surface area (Å²) < 4.78 is 2.63. The van der Waals surface area contributed by atoms with Gasteiger partial charge in [-0.25, -0.2) is 9.55 Å². The van der Waals surface area contributed by atoms with E-state index in [1.54, 1.807) is 0 Å². The van der Waals surface area contributed by atoms with E-state index in [1.807, 2.05) is 0 Å². The molecule has 1 heterocycles. The van der Waals surface area contributed by atoms with Crippen LogP contribution >= 0.6 is 0 Å². The van der Waals surface area contributed by atoms with Crippen molar-refractivity contribution in [3.8, 4) is 0 Å². The van der Waals surface area contributed by atoms with Crippen LogP contribution < -0.4 is 4.57 Å². The molecule has 0 aliphatic rings. The van der Waals surface area contributed by atoms with E-state index in [4.69, 9.17) is 0 Å². The van der Waals surface area contributed by atoms with Crippen LogP contribution in [0.5, 0.6) is 0 Å². The van der Waals surface area contributed by atoms with Crippen molar-refractivity contribution < 1.29 is 4.57 Å². The zero-order valence-electron chi connectivity index (χ0n) is 28.3.